The Balaban J connectivity index is 1.53. The van der Waals surface area contributed by atoms with Crippen LogP contribution in [0.3, 0.4) is 0 Å². The molecule has 5 rings (SSSR count). The molecule has 1 fully saturated rings. The monoisotopic (exact) mass is 508 g/mol. The van der Waals surface area contributed by atoms with E-state index < -0.39 is 35.9 Å². The van der Waals surface area contributed by atoms with E-state index in [1.54, 1.807) is 30.3 Å². The lowest BCUT2D eigenvalue weighted by Crippen LogP contribution is -2.55. The van der Waals surface area contributed by atoms with Gasteiger partial charge in [0.1, 0.15) is 23.8 Å². The van der Waals surface area contributed by atoms with E-state index in [-0.39, 0.29) is 31.5 Å². The molecule has 1 saturated carbocycles. The van der Waals surface area contributed by atoms with Crippen LogP contribution in [0.4, 0.5) is 4.39 Å². The van der Waals surface area contributed by atoms with Crippen molar-refractivity contribution in [3.05, 3.63) is 77.1 Å². The standard InChI is InChI=1S/C29H33FN2O5/c30-22-11-5-3-9-19(22)17-32(25(34)15-18-7-1-2-8-18)23-16-21(29(36)31-13-14-33)26-20-10-4-6-12-24(20)37-28(26)27(23)35/h3-6,9-12,16,18,23,26-28,33,35H,1-2,7-8,13-15,17H2,(H,31,36)/t23-,26+,27+,28+/m1/s1. The maximum Gasteiger partial charge on any atom is 0.247 e. The molecular formula is C29H33FN2O5. The Morgan fingerprint density at radius 2 is 1.81 bits per heavy atom. The first-order valence-electron chi connectivity index (χ1n) is 13.0. The number of carbonyl (C=O) groups is 2. The second-order valence-corrected chi connectivity index (χ2v) is 10.1. The zero-order valence-electron chi connectivity index (χ0n) is 20.7. The number of halogens is 1. The van der Waals surface area contributed by atoms with E-state index in [2.05, 4.69) is 5.32 Å². The van der Waals surface area contributed by atoms with E-state index in [1.807, 2.05) is 18.2 Å². The maximum atomic E-state index is 14.7. The predicted octanol–water partition coefficient (Wildman–Crippen LogP) is 3.06. The summed E-state index contributed by atoms with van der Waals surface area (Å²) in [4.78, 5) is 28.5. The molecule has 7 nitrogen and oxygen atoms in total. The third-order valence-electron chi connectivity index (χ3n) is 7.79. The first-order valence-corrected chi connectivity index (χ1v) is 13.0. The second kappa shape index (κ2) is 11.0. The molecule has 2 amide bonds. The fourth-order valence-corrected chi connectivity index (χ4v) is 5.94. The minimum atomic E-state index is -1.13. The van der Waals surface area contributed by atoms with Gasteiger partial charge in [-0.2, -0.15) is 0 Å². The van der Waals surface area contributed by atoms with Gasteiger partial charge in [0, 0.05) is 36.2 Å². The fraction of sp³-hybridized carbons (Fsp3) is 0.448. The number of rotatable bonds is 8. The summed E-state index contributed by atoms with van der Waals surface area (Å²) < 4.78 is 20.8. The number of nitrogens with zero attached hydrogens (tertiary/aromatic N) is 1. The van der Waals surface area contributed by atoms with Gasteiger partial charge in [0.2, 0.25) is 11.8 Å². The maximum absolute atomic E-state index is 14.7. The van der Waals surface area contributed by atoms with Crippen molar-refractivity contribution in [2.24, 2.45) is 5.92 Å². The third-order valence-corrected chi connectivity index (χ3v) is 7.79. The van der Waals surface area contributed by atoms with Crippen molar-refractivity contribution in [2.75, 3.05) is 13.2 Å². The SMILES string of the molecule is O=C(NCCO)C1=C[C@@H](N(Cc2ccccc2F)C(=O)CC2CCCC2)[C@H](O)[C@H]2Oc3ccccc3[C@@H]12. The van der Waals surface area contributed by atoms with Crippen LogP contribution in [-0.2, 0) is 16.1 Å². The molecule has 0 saturated heterocycles. The van der Waals surface area contributed by atoms with Gasteiger partial charge in [0.15, 0.2) is 0 Å². The summed E-state index contributed by atoms with van der Waals surface area (Å²) in [6.45, 7) is -0.180. The van der Waals surface area contributed by atoms with E-state index in [1.165, 1.54) is 11.0 Å². The molecule has 3 aliphatic rings. The zero-order valence-corrected chi connectivity index (χ0v) is 20.7. The Labute approximate surface area is 215 Å². The van der Waals surface area contributed by atoms with E-state index in [9.17, 15) is 24.2 Å². The smallest absolute Gasteiger partial charge is 0.247 e. The van der Waals surface area contributed by atoms with Crippen molar-refractivity contribution in [3.63, 3.8) is 0 Å². The van der Waals surface area contributed by atoms with Crippen LogP contribution in [0.2, 0.25) is 0 Å². The van der Waals surface area contributed by atoms with Crippen molar-refractivity contribution in [2.45, 2.75) is 62.8 Å². The van der Waals surface area contributed by atoms with Crippen LogP contribution in [0.1, 0.15) is 49.1 Å². The van der Waals surface area contributed by atoms with Crippen molar-refractivity contribution in [1.82, 2.24) is 10.2 Å². The second-order valence-electron chi connectivity index (χ2n) is 10.1. The molecule has 2 aliphatic carbocycles. The largest absolute Gasteiger partial charge is 0.486 e. The van der Waals surface area contributed by atoms with Crippen LogP contribution < -0.4 is 10.1 Å². The summed E-state index contributed by atoms with van der Waals surface area (Å²) in [7, 11) is 0. The molecule has 8 heteroatoms. The zero-order chi connectivity index (χ0) is 25.9. The molecule has 0 unspecified atom stereocenters. The average Bonchev–Trinajstić information content (AvgIpc) is 3.55. The summed E-state index contributed by atoms with van der Waals surface area (Å²) in [5, 5.41) is 23.5. The van der Waals surface area contributed by atoms with Gasteiger partial charge in [0.05, 0.1) is 18.6 Å². The quantitative estimate of drug-likeness (QED) is 0.509. The fourth-order valence-electron chi connectivity index (χ4n) is 5.94. The number of amides is 2. The number of aliphatic hydroxyl groups is 2. The first-order chi connectivity index (χ1) is 18.0. The number of nitrogens with one attached hydrogen (secondary N) is 1. The first kappa shape index (κ1) is 25.4. The molecule has 4 atom stereocenters. The van der Waals surface area contributed by atoms with Crippen LogP contribution in [0.15, 0.2) is 60.2 Å². The normalized spacial score (nSPS) is 24.6. The highest BCUT2D eigenvalue weighted by Gasteiger charge is 2.50. The highest BCUT2D eigenvalue weighted by atomic mass is 19.1. The number of aliphatic hydroxyl groups excluding tert-OH is 2. The summed E-state index contributed by atoms with van der Waals surface area (Å²) in [5.41, 5.74) is 1.49. The minimum absolute atomic E-state index is 0.0354. The minimum Gasteiger partial charge on any atom is -0.486 e. The van der Waals surface area contributed by atoms with E-state index in [4.69, 9.17) is 4.74 Å². The van der Waals surface area contributed by atoms with E-state index >= 15 is 0 Å². The number of para-hydroxylation sites is 1. The number of fused-ring (bicyclic) bond motifs is 3. The lowest BCUT2D eigenvalue weighted by Gasteiger charge is -2.41. The predicted molar refractivity (Wildman–Crippen MR) is 135 cm³/mol. The molecule has 2 aromatic rings. The summed E-state index contributed by atoms with van der Waals surface area (Å²) in [5.74, 6) is -0.696. The molecule has 0 radical (unpaired) electrons. The van der Waals surface area contributed by atoms with Gasteiger partial charge in [-0.25, -0.2) is 4.39 Å². The topological polar surface area (TPSA) is 99.1 Å². The molecular weight excluding hydrogens is 475 g/mol. The lowest BCUT2D eigenvalue weighted by molar-refractivity contribution is -0.139. The van der Waals surface area contributed by atoms with Gasteiger partial charge in [-0.1, -0.05) is 49.2 Å². The molecule has 196 valence electrons. The van der Waals surface area contributed by atoms with Gasteiger partial charge in [-0.05, 0) is 37.0 Å². The summed E-state index contributed by atoms with van der Waals surface area (Å²) in [6, 6.07) is 12.7. The highest BCUT2D eigenvalue weighted by molar-refractivity contribution is 5.96. The van der Waals surface area contributed by atoms with Crippen LogP contribution >= 0.6 is 0 Å². The Hall–Kier alpha value is -3.23. The number of carbonyl (C=O) groups excluding carboxylic acids is 2. The Morgan fingerprint density at radius 1 is 1.08 bits per heavy atom. The van der Waals surface area contributed by atoms with Gasteiger partial charge in [0.25, 0.3) is 0 Å². The van der Waals surface area contributed by atoms with Crippen LogP contribution in [0, 0.1) is 11.7 Å². The van der Waals surface area contributed by atoms with Crippen molar-refractivity contribution in [1.29, 1.82) is 0 Å². The lowest BCUT2D eigenvalue weighted by atomic mass is 9.77. The molecule has 3 N–H and O–H groups in total. The Kier molecular flexibility index (Phi) is 7.58. The molecule has 0 bridgehead atoms. The van der Waals surface area contributed by atoms with Crippen LogP contribution in [-0.4, -0.2) is 58.3 Å². The van der Waals surface area contributed by atoms with Crippen molar-refractivity contribution >= 4 is 11.8 Å². The van der Waals surface area contributed by atoms with Crippen LogP contribution in [0.5, 0.6) is 5.75 Å². The average molecular weight is 509 g/mol. The van der Waals surface area contributed by atoms with Crippen LogP contribution in [0.25, 0.3) is 0 Å². The summed E-state index contributed by atoms with van der Waals surface area (Å²) in [6.07, 6.45) is 4.14. The molecule has 1 heterocycles. The summed E-state index contributed by atoms with van der Waals surface area (Å²) >= 11 is 0. The molecule has 0 spiro atoms. The Bertz CT molecular complexity index is 1180. The van der Waals surface area contributed by atoms with Crippen molar-refractivity contribution in [3.8, 4) is 5.75 Å². The van der Waals surface area contributed by atoms with E-state index in [0.717, 1.165) is 31.2 Å². The molecule has 37 heavy (non-hydrogen) atoms. The van der Waals surface area contributed by atoms with E-state index in [0.29, 0.717) is 23.3 Å². The Morgan fingerprint density at radius 3 is 2.57 bits per heavy atom. The van der Waals surface area contributed by atoms with Crippen molar-refractivity contribution < 1.29 is 28.9 Å². The van der Waals surface area contributed by atoms with Gasteiger partial charge >= 0.3 is 0 Å². The third kappa shape index (κ3) is 5.13. The molecule has 2 aromatic carbocycles. The molecule has 1 aliphatic heterocycles. The van der Waals surface area contributed by atoms with Gasteiger partial charge in [-0.3, -0.25) is 9.59 Å². The molecule has 0 aromatic heterocycles. The van der Waals surface area contributed by atoms with Gasteiger partial charge < -0.3 is 25.2 Å². The number of hydrogen-bond acceptors (Lipinski definition) is 5. The van der Waals surface area contributed by atoms with Gasteiger partial charge in [-0.15, -0.1) is 0 Å². The number of benzene rings is 2. The number of hydrogen-bond donors (Lipinski definition) is 3. The number of ether oxygens (including phenoxy) is 1. The highest BCUT2D eigenvalue weighted by Crippen LogP contribution is 2.47.